The Morgan fingerprint density at radius 1 is 1.28 bits per heavy atom. The number of amides is 1. The van der Waals surface area contributed by atoms with Crippen molar-refractivity contribution >= 4 is 34.5 Å². The molecular formula is C19H17N3O2S. The molecule has 0 bridgehead atoms. The molecule has 0 unspecified atom stereocenters. The van der Waals surface area contributed by atoms with Gasteiger partial charge in [0.05, 0.1) is 5.75 Å². The number of fused-ring (bicyclic) bond motifs is 1. The number of hydrogen-bond donors (Lipinski definition) is 1. The zero-order valence-corrected chi connectivity index (χ0v) is 14.8. The van der Waals surface area contributed by atoms with Crippen molar-refractivity contribution in [2.24, 2.45) is 0 Å². The Morgan fingerprint density at radius 3 is 2.72 bits per heavy atom. The molecule has 0 saturated heterocycles. The van der Waals surface area contributed by atoms with E-state index in [1.807, 2.05) is 17.5 Å². The van der Waals surface area contributed by atoms with E-state index in [2.05, 4.69) is 36.3 Å². The van der Waals surface area contributed by atoms with E-state index < -0.39 is 0 Å². The number of anilines is 1. The van der Waals surface area contributed by atoms with Gasteiger partial charge in [0.1, 0.15) is 10.9 Å². The summed E-state index contributed by atoms with van der Waals surface area (Å²) < 4.78 is 5.81. The lowest BCUT2D eigenvalue weighted by atomic mass is 10.0. The van der Waals surface area contributed by atoms with Gasteiger partial charge < -0.3 is 9.73 Å². The minimum atomic E-state index is -0.223. The molecule has 3 aromatic rings. The molecule has 2 aromatic carbocycles. The molecule has 0 saturated carbocycles. The monoisotopic (exact) mass is 351 g/mol. The van der Waals surface area contributed by atoms with Gasteiger partial charge in [-0.05, 0) is 53.6 Å². The van der Waals surface area contributed by atoms with Gasteiger partial charge in [-0.1, -0.05) is 26.0 Å². The SMILES string of the molecule is CC(C)c1ccc(-c2nc3cc(NC(=O)CSC#N)ccc3o2)cc1. The highest BCUT2D eigenvalue weighted by Gasteiger charge is 2.10. The van der Waals surface area contributed by atoms with Crippen LogP contribution < -0.4 is 5.32 Å². The fraction of sp³-hybridized carbons (Fsp3) is 0.211. The number of oxazole rings is 1. The van der Waals surface area contributed by atoms with E-state index in [0.717, 1.165) is 17.3 Å². The van der Waals surface area contributed by atoms with Crippen molar-refractivity contribution in [3.63, 3.8) is 0 Å². The summed E-state index contributed by atoms with van der Waals surface area (Å²) in [6, 6.07) is 13.5. The molecule has 0 aliphatic rings. The number of nitriles is 1. The summed E-state index contributed by atoms with van der Waals surface area (Å²) in [5, 5.41) is 13.1. The van der Waals surface area contributed by atoms with Crippen molar-refractivity contribution < 1.29 is 9.21 Å². The summed E-state index contributed by atoms with van der Waals surface area (Å²) in [5.41, 5.74) is 4.14. The lowest BCUT2D eigenvalue weighted by Gasteiger charge is -2.04. The van der Waals surface area contributed by atoms with Crippen molar-refractivity contribution in [2.75, 3.05) is 11.1 Å². The molecule has 0 aliphatic heterocycles. The second-order valence-electron chi connectivity index (χ2n) is 5.91. The predicted molar refractivity (Wildman–Crippen MR) is 100 cm³/mol. The van der Waals surface area contributed by atoms with Crippen LogP contribution in [0.3, 0.4) is 0 Å². The third-order valence-electron chi connectivity index (χ3n) is 3.76. The number of carbonyl (C=O) groups is 1. The Bertz CT molecular complexity index is 939. The number of benzene rings is 2. The molecule has 3 rings (SSSR count). The molecule has 1 N–H and O–H groups in total. The molecule has 0 aliphatic carbocycles. The largest absolute Gasteiger partial charge is 0.436 e. The Balaban J connectivity index is 1.82. The summed E-state index contributed by atoms with van der Waals surface area (Å²) >= 11 is 0.903. The lowest BCUT2D eigenvalue weighted by molar-refractivity contribution is -0.113. The van der Waals surface area contributed by atoms with Crippen LogP contribution >= 0.6 is 11.8 Å². The maximum absolute atomic E-state index is 11.7. The van der Waals surface area contributed by atoms with Gasteiger partial charge >= 0.3 is 0 Å². The standard InChI is InChI=1S/C19H17N3O2S/c1-12(2)13-3-5-14(6-4-13)19-22-16-9-15(7-8-17(16)24-19)21-18(23)10-25-11-20/h3-9,12H,10H2,1-2H3,(H,21,23). The molecule has 0 radical (unpaired) electrons. The van der Waals surface area contributed by atoms with Gasteiger partial charge in [0, 0.05) is 11.3 Å². The molecule has 0 fully saturated rings. The maximum atomic E-state index is 11.7. The number of nitrogens with zero attached hydrogens (tertiary/aromatic N) is 2. The highest BCUT2D eigenvalue weighted by Crippen LogP contribution is 2.27. The topological polar surface area (TPSA) is 78.9 Å². The fourth-order valence-electron chi connectivity index (χ4n) is 2.43. The molecule has 6 heteroatoms. The average molecular weight is 351 g/mol. The normalized spacial score (nSPS) is 10.8. The number of thioether (sulfide) groups is 1. The van der Waals surface area contributed by atoms with Crippen molar-refractivity contribution in [2.45, 2.75) is 19.8 Å². The van der Waals surface area contributed by atoms with Crippen molar-refractivity contribution in [3.8, 4) is 16.9 Å². The van der Waals surface area contributed by atoms with Crippen LogP contribution in [0.1, 0.15) is 25.3 Å². The quantitative estimate of drug-likeness (QED) is 0.670. The van der Waals surface area contributed by atoms with E-state index in [1.165, 1.54) is 5.56 Å². The van der Waals surface area contributed by atoms with Crippen LogP contribution in [0.2, 0.25) is 0 Å². The smallest absolute Gasteiger partial charge is 0.235 e. The number of aromatic nitrogens is 1. The molecule has 1 aromatic heterocycles. The minimum Gasteiger partial charge on any atom is -0.436 e. The fourth-order valence-corrected chi connectivity index (χ4v) is 2.70. The Morgan fingerprint density at radius 2 is 2.04 bits per heavy atom. The number of rotatable bonds is 5. The Kier molecular flexibility index (Phi) is 5.05. The number of thiocyanates is 1. The van der Waals surface area contributed by atoms with Crippen LogP contribution in [-0.2, 0) is 4.79 Å². The van der Waals surface area contributed by atoms with Gasteiger partial charge in [0.15, 0.2) is 5.58 Å². The first kappa shape index (κ1) is 17.1. The van der Waals surface area contributed by atoms with E-state index in [0.29, 0.717) is 28.6 Å². The Hall–Kier alpha value is -2.78. The van der Waals surface area contributed by atoms with Crippen LogP contribution in [0.25, 0.3) is 22.6 Å². The van der Waals surface area contributed by atoms with Gasteiger partial charge in [-0.25, -0.2) is 4.98 Å². The van der Waals surface area contributed by atoms with E-state index >= 15 is 0 Å². The molecular weight excluding hydrogens is 334 g/mol. The summed E-state index contributed by atoms with van der Waals surface area (Å²) in [6.07, 6.45) is 0. The third-order valence-corrected chi connectivity index (χ3v) is 4.30. The Labute approximate surface area is 150 Å². The highest BCUT2D eigenvalue weighted by molar-refractivity contribution is 8.04. The van der Waals surface area contributed by atoms with Crippen molar-refractivity contribution in [1.82, 2.24) is 4.98 Å². The van der Waals surface area contributed by atoms with E-state index in [1.54, 1.807) is 18.2 Å². The molecule has 1 amide bonds. The average Bonchev–Trinajstić information content (AvgIpc) is 3.03. The maximum Gasteiger partial charge on any atom is 0.235 e. The first-order valence-corrected chi connectivity index (χ1v) is 8.87. The molecule has 5 nitrogen and oxygen atoms in total. The predicted octanol–water partition coefficient (Wildman–Crippen LogP) is 4.77. The van der Waals surface area contributed by atoms with Crippen LogP contribution in [0.4, 0.5) is 5.69 Å². The van der Waals surface area contributed by atoms with Gasteiger partial charge in [0.2, 0.25) is 11.8 Å². The third kappa shape index (κ3) is 4.01. The second kappa shape index (κ2) is 7.41. The number of nitrogens with one attached hydrogen (secondary N) is 1. The molecule has 0 atom stereocenters. The highest BCUT2D eigenvalue weighted by atomic mass is 32.2. The lowest BCUT2D eigenvalue weighted by Crippen LogP contribution is -2.13. The summed E-state index contributed by atoms with van der Waals surface area (Å²) in [6.45, 7) is 4.30. The number of carbonyl (C=O) groups excluding carboxylic acids is 1. The van der Waals surface area contributed by atoms with Gasteiger partial charge in [-0.15, -0.1) is 0 Å². The van der Waals surface area contributed by atoms with Crippen molar-refractivity contribution in [1.29, 1.82) is 5.26 Å². The van der Waals surface area contributed by atoms with Crippen LogP contribution in [0.5, 0.6) is 0 Å². The molecule has 25 heavy (non-hydrogen) atoms. The van der Waals surface area contributed by atoms with E-state index in [4.69, 9.17) is 9.68 Å². The zero-order valence-electron chi connectivity index (χ0n) is 13.9. The molecule has 0 spiro atoms. The molecule has 126 valence electrons. The van der Waals surface area contributed by atoms with Crippen LogP contribution in [0.15, 0.2) is 46.9 Å². The van der Waals surface area contributed by atoms with Crippen molar-refractivity contribution in [3.05, 3.63) is 48.0 Å². The zero-order chi connectivity index (χ0) is 17.8. The summed E-state index contributed by atoms with van der Waals surface area (Å²) in [5.74, 6) is 0.900. The first-order chi connectivity index (χ1) is 12.1. The first-order valence-electron chi connectivity index (χ1n) is 7.88. The minimum absolute atomic E-state index is 0.0980. The van der Waals surface area contributed by atoms with E-state index in [-0.39, 0.29) is 11.7 Å². The van der Waals surface area contributed by atoms with Crippen LogP contribution in [0, 0.1) is 10.7 Å². The number of hydrogen-bond acceptors (Lipinski definition) is 5. The molecule has 1 heterocycles. The van der Waals surface area contributed by atoms with Gasteiger partial charge in [-0.3, -0.25) is 4.79 Å². The summed E-state index contributed by atoms with van der Waals surface area (Å²) in [4.78, 5) is 16.2. The van der Waals surface area contributed by atoms with Gasteiger partial charge in [-0.2, -0.15) is 5.26 Å². The van der Waals surface area contributed by atoms with Gasteiger partial charge in [0.25, 0.3) is 0 Å². The van der Waals surface area contributed by atoms with E-state index in [9.17, 15) is 4.79 Å². The summed E-state index contributed by atoms with van der Waals surface area (Å²) in [7, 11) is 0. The van der Waals surface area contributed by atoms with Crippen LogP contribution in [-0.4, -0.2) is 16.6 Å². The second-order valence-corrected chi connectivity index (χ2v) is 6.67.